The maximum Gasteiger partial charge on any atom is 0.450 e. The predicted octanol–water partition coefficient (Wildman–Crippen LogP) is 6.43. The number of pyridine rings is 1. The number of hydrogen-bond donors (Lipinski definition) is 1. The van der Waals surface area contributed by atoms with Gasteiger partial charge in [0.25, 0.3) is 11.1 Å². The van der Waals surface area contributed by atoms with Crippen molar-refractivity contribution in [1.82, 2.24) is 24.1 Å². The first-order chi connectivity index (χ1) is 20.0. The largest absolute Gasteiger partial charge is 0.450 e. The smallest absolute Gasteiger partial charge is 0.377 e. The molecule has 1 saturated carbocycles. The van der Waals surface area contributed by atoms with E-state index in [4.69, 9.17) is 0 Å². The molecule has 0 N–H and O–H groups in total. The first-order valence-electron chi connectivity index (χ1n) is 13.4. The second-order valence-corrected chi connectivity index (χ2v) is 11.9. The quantitative estimate of drug-likeness (QED) is 0.236. The molecule has 4 aromatic heterocycles. The van der Waals surface area contributed by atoms with Crippen LogP contribution >= 0.6 is 24.0 Å². The van der Waals surface area contributed by atoms with Gasteiger partial charge in [-0.25, -0.2) is 15.0 Å². The van der Waals surface area contributed by atoms with Crippen LogP contribution in [0.2, 0.25) is 0 Å². The summed E-state index contributed by atoms with van der Waals surface area (Å²) in [5.41, 5.74) is 2.07. The number of thiol groups is 1. The SMILES string of the molecule is CN(C)c1ccnc2sc3c(=O)n(C4CCCCC4)cnc3c12.Cc1ccc(-n2c(C(F)(F)F)ncc(S)c2=O)cc1. The third-order valence-electron chi connectivity index (χ3n) is 7.22. The Morgan fingerprint density at radius 1 is 0.976 bits per heavy atom. The molecule has 0 amide bonds. The molecule has 0 saturated heterocycles. The molecule has 8 nitrogen and oxygen atoms in total. The summed E-state index contributed by atoms with van der Waals surface area (Å²) in [6, 6.07) is 8.38. The minimum Gasteiger partial charge on any atom is -0.377 e. The van der Waals surface area contributed by atoms with Crippen LogP contribution in [0.4, 0.5) is 18.9 Å². The lowest BCUT2D eigenvalue weighted by Gasteiger charge is -2.23. The number of rotatable bonds is 3. The van der Waals surface area contributed by atoms with E-state index in [9.17, 15) is 22.8 Å². The molecular formula is C29H29F3N6O2S2. The zero-order valence-electron chi connectivity index (χ0n) is 23.2. The third kappa shape index (κ3) is 5.80. The molecule has 42 heavy (non-hydrogen) atoms. The van der Waals surface area contributed by atoms with E-state index in [1.54, 1.807) is 31.6 Å². The highest BCUT2D eigenvalue weighted by Gasteiger charge is 2.37. The Bertz CT molecular complexity index is 1860. The average molecular weight is 615 g/mol. The van der Waals surface area contributed by atoms with E-state index in [0.29, 0.717) is 10.6 Å². The molecule has 220 valence electrons. The van der Waals surface area contributed by atoms with Gasteiger partial charge in [0, 0.05) is 32.5 Å². The fraction of sp³-hybridized carbons (Fsp3) is 0.345. The zero-order chi connectivity index (χ0) is 30.2. The van der Waals surface area contributed by atoms with Crippen LogP contribution in [-0.2, 0) is 6.18 Å². The van der Waals surface area contributed by atoms with Crippen molar-refractivity contribution in [3.05, 3.63) is 81.1 Å². The van der Waals surface area contributed by atoms with Crippen molar-refractivity contribution in [3.8, 4) is 5.69 Å². The van der Waals surface area contributed by atoms with Gasteiger partial charge in [-0.3, -0.25) is 18.7 Å². The standard InChI is InChI=1S/C17H20N4OS.C12H9F3N2OS/c1-20(2)12-8-9-18-16-13(12)14-15(23-16)17(22)21(10-19-14)11-6-4-3-5-7-11;1-7-2-4-8(5-3-7)17-10(18)9(19)6-16-11(17)12(13,14)15/h8-11H,3-7H2,1-2H3;2-6,19H,1H3. The molecule has 1 aliphatic carbocycles. The van der Waals surface area contributed by atoms with Crippen molar-refractivity contribution in [2.75, 3.05) is 19.0 Å². The molecule has 1 aliphatic rings. The number of anilines is 1. The molecule has 0 radical (unpaired) electrons. The highest BCUT2D eigenvalue weighted by molar-refractivity contribution is 7.80. The summed E-state index contributed by atoms with van der Waals surface area (Å²) in [6.45, 7) is 1.80. The normalized spacial score (nSPS) is 14.2. The van der Waals surface area contributed by atoms with Crippen molar-refractivity contribution < 1.29 is 13.2 Å². The second kappa shape index (κ2) is 11.9. The van der Waals surface area contributed by atoms with Gasteiger partial charge < -0.3 is 4.90 Å². The second-order valence-electron chi connectivity index (χ2n) is 10.4. The third-order valence-corrected chi connectivity index (χ3v) is 8.61. The van der Waals surface area contributed by atoms with E-state index in [1.807, 2.05) is 29.6 Å². The highest BCUT2D eigenvalue weighted by Crippen LogP contribution is 2.36. The van der Waals surface area contributed by atoms with Gasteiger partial charge in [0.05, 0.1) is 33.5 Å². The topological polar surface area (TPSA) is 85.9 Å². The number of aryl methyl sites for hydroxylation is 1. The van der Waals surface area contributed by atoms with Gasteiger partial charge in [-0.2, -0.15) is 13.2 Å². The average Bonchev–Trinajstić information content (AvgIpc) is 3.35. The van der Waals surface area contributed by atoms with E-state index in [2.05, 4.69) is 27.6 Å². The Hall–Kier alpha value is -3.71. The van der Waals surface area contributed by atoms with E-state index in [0.717, 1.165) is 50.7 Å². The van der Waals surface area contributed by atoms with Crippen molar-refractivity contribution in [1.29, 1.82) is 0 Å². The molecule has 1 aromatic carbocycles. The summed E-state index contributed by atoms with van der Waals surface area (Å²) < 4.78 is 41.7. The van der Waals surface area contributed by atoms with Crippen LogP contribution in [-0.4, -0.2) is 38.2 Å². The van der Waals surface area contributed by atoms with Crippen LogP contribution in [0.15, 0.2) is 63.5 Å². The number of fused-ring (bicyclic) bond motifs is 3. The monoisotopic (exact) mass is 614 g/mol. The number of benzene rings is 1. The van der Waals surface area contributed by atoms with Crippen molar-refractivity contribution in [2.24, 2.45) is 0 Å². The molecule has 0 aliphatic heterocycles. The van der Waals surface area contributed by atoms with Crippen molar-refractivity contribution in [3.63, 3.8) is 0 Å². The van der Waals surface area contributed by atoms with Crippen LogP contribution in [0.3, 0.4) is 0 Å². The Morgan fingerprint density at radius 3 is 2.31 bits per heavy atom. The Balaban J connectivity index is 0.000000172. The molecule has 0 atom stereocenters. The first-order valence-corrected chi connectivity index (χ1v) is 14.6. The molecule has 0 unspecified atom stereocenters. The fourth-order valence-corrected chi connectivity index (χ4v) is 6.33. The molecule has 4 heterocycles. The molecular weight excluding hydrogens is 585 g/mol. The van der Waals surface area contributed by atoms with E-state index in [-0.39, 0.29) is 16.1 Å². The molecule has 0 bridgehead atoms. The Labute approximate surface area is 248 Å². The minimum atomic E-state index is -4.72. The van der Waals surface area contributed by atoms with Crippen molar-refractivity contribution >= 4 is 50.1 Å². The first kappa shape index (κ1) is 29.8. The van der Waals surface area contributed by atoms with Crippen molar-refractivity contribution in [2.45, 2.75) is 56.1 Å². The molecule has 6 rings (SSSR count). The van der Waals surface area contributed by atoms with E-state index in [1.165, 1.54) is 42.7 Å². The summed E-state index contributed by atoms with van der Waals surface area (Å²) in [5, 5.41) is 0.991. The number of nitrogens with zero attached hydrogens (tertiary/aromatic N) is 6. The maximum absolute atomic E-state index is 13.0. The molecule has 13 heteroatoms. The molecule has 1 fully saturated rings. The summed E-state index contributed by atoms with van der Waals surface area (Å²) in [5.74, 6) is -1.26. The highest BCUT2D eigenvalue weighted by atomic mass is 32.1. The van der Waals surface area contributed by atoms with Gasteiger partial charge >= 0.3 is 6.18 Å². The van der Waals surface area contributed by atoms with Crippen LogP contribution in [0.25, 0.3) is 26.1 Å². The molecule has 5 aromatic rings. The Kier molecular flexibility index (Phi) is 8.42. The minimum absolute atomic E-state index is 0.0922. The number of hydrogen-bond acceptors (Lipinski definition) is 8. The van der Waals surface area contributed by atoms with Gasteiger partial charge in [-0.05, 0) is 38.0 Å². The van der Waals surface area contributed by atoms with Crippen LogP contribution < -0.4 is 16.0 Å². The number of alkyl halides is 3. The zero-order valence-corrected chi connectivity index (χ0v) is 24.9. The lowest BCUT2D eigenvalue weighted by Crippen LogP contribution is -2.28. The van der Waals surface area contributed by atoms with Gasteiger partial charge in [0.1, 0.15) is 9.53 Å². The summed E-state index contributed by atoms with van der Waals surface area (Å²) in [4.78, 5) is 40.0. The van der Waals surface area contributed by atoms with E-state index < -0.39 is 17.6 Å². The number of thiophene rings is 1. The lowest BCUT2D eigenvalue weighted by atomic mass is 9.95. The summed E-state index contributed by atoms with van der Waals surface area (Å²) in [7, 11) is 4.00. The van der Waals surface area contributed by atoms with Crippen LogP contribution in [0.5, 0.6) is 0 Å². The van der Waals surface area contributed by atoms with Gasteiger partial charge in [-0.1, -0.05) is 37.0 Å². The summed E-state index contributed by atoms with van der Waals surface area (Å²) in [6.07, 6.45) is 5.48. The fourth-order valence-electron chi connectivity index (χ4n) is 5.12. The summed E-state index contributed by atoms with van der Waals surface area (Å²) >= 11 is 5.28. The van der Waals surface area contributed by atoms with Crippen LogP contribution in [0.1, 0.15) is 49.5 Å². The van der Waals surface area contributed by atoms with Gasteiger partial charge in [-0.15, -0.1) is 24.0 Å². The van der Waals surface area contributed by atoms with Gasteiger partial charge in [0.2, 0.25) is 5.82 Å². The predicted molar refractivity (Wildman–Crippen MR) is 162 cm³/mol. The molecule has 0 spiro atoms. The lowest BCUT2D eigenvalue weighted by molar-refractivity contribution is -0.146. The van der Waals surface area contributed by atoms with Gasteiger partial charge in [0.15, 0.2) is 0 Å². The number of halogens is 3. The van der Waals surface area contributed by atoms with Crippen LogP contribution in [0, 0.1) is 6.92 Å². The maximum atomic E-state index is 13.0. The number of aromatic nitrogens is 5. The Morgan fingerprint density at radius 2 is 1.67 bits per heavy atom. The van der Waals surface area contributed by atoms with E-state index >= 15 is 0 Å².